The summed E-state index contributed by atoms with van der Waals surface area (Å²) in [6.07, 6.45) is 3.27. The van der Waals surface area contributed by atoms with E-state index in [1.54, 1.807) is 41.3 Å². The average molecular weight is 504 g/mol. The Morgan fingerprint density at radius 3 is 2.52 bits per heavy atom. The van der Waals surface area contributed by atoms with Gasteiger partial charge in [0.15, 0.2) is 0 Å². The Balaban J connectivity index is 1.53. The summed E-state index contributed by atoms with van der Waals surface area (Å²) in [6.45, 7) is 0.975. The van der Waals surface area contributed by atoms with Crippen LogP contribution in [0.1, 0.15) is 18.4 Å². The Kier molecular flexibility index (Phi) is 7.06. The summed E-state index contributed by atoms with van der Waals surface area (Å²) < 4.78 is 0. The minimum Gasteiger partial charge on any atom is -0.341 e. The lowest BCUT2D eigenvalue weighted by atomic mass is 10.2. The highest BCUT2D eigenvalue weighted by molar-refractivity contribution is 8.18. The second kappa shape index (κ2) is 9.98. The molecular formula is C22H18ClN3O5S2. The van der Waals surface area contributed by atoms with Crippen LogP contribution in [0.5, 0.6) is 0 Å². The predicted octanol–water partition coefficient (Wildman–Crippen LogP) is 5.06. The molecule has 33 heavy (non-hydrogen) atoms. The number of thioether (sulfide) groups is 1. The van der Waals surface area contributed by atoms with E-state index in [2.05, 4.69) is 0 Å². The maximum absolute atomic E-state index is 12.7. The Hall–Kier alpha value is -2.82. The van der Waals surface area contributed by atoms with Gasteiger partial charge in [-0.2, -0.15) is 0 Å². The van der Waals surface area contributed by atoms with Crippen molar-refractivity contribution in [1.29, 1.82) is 0 Å². The molecule has 2 saturated heterocycles. The van der Waals surface area contributed by atoms with Gasteiger partial charge in [-0.05, 0) is 66.6 Å². The quantitative estimate of drug-likeness (QED) is 0.308. The van der Waals surface area contributed by atoms with E-state index in [1.165, 1.54) is 23.9 Å². The summed E-state index contributed by atoms with van der Waals surface area (Å²) in [7, 11) is 0. The number of hydrogen-bond donors (Lipinski definition) is 0. The summed E-state index contributed by atoms with van der Waals surface area (Å²) in [5.41, 5.74) is 0.297. The van der Waals surface area contributed by atoms with Crippen LogP contribution in [-0.2, 0) is 9.59 Å². The van der Waals surface area contributed by atoms with Gasteiger partial charge in [0.25, 0.3) is 16.8 Å². The zero-order valence-electron chi connectivity index (χ0n) is 17.2. The normalized spacial score (nSPS) is 17.3. The Labute approximate surface area is 203 Å². The van der Waals surface area contributed by atoms with Gasteiger partial charge in [-0.3, -0.25) is 29.4 Å². The SMILES string of the molecule is O=C(CN1C(=O)S/C(=C\c2ccc(Sc3ccc(Cl)cc3)c([N+](=O)[O-])c2)C1=O)N1CCCC1. The number of rotatable bonds is 6. The Bertz CT molecular complexity index is 1160. The van der Waals surface area contributed by atoms with Crippen LogP contribution in [0.15, 0.2) is 57.2 Å². The van der Waals surface area contributed by atoms with E-state index in [1.807, 2.05) is 0 Å². The van der Waals surface area contributed by atoms with Gasteiger partial charge in [0.2, 0.25) is 5.91 Å². The summed E-state index contributed by atoms with van der Waals surface area (Å²) in [5.74, 6) is -0.824. The summed E-state index contributed by atoms with van der Waals surface area (Å²) in [6, 6.07) is 11.6. The fourth-order valence-corrected chi connectivity index (χ4v) is 5.34. The van der Waals surface area contributed by atoms with Gasteiger partial charge in [-0.25, -0.2) is 0 Å². The molecule has 2 aliphatic rings. The van der Waals surface area contributed by atoms with Gasteiger partial charge in [0.1, 0.15) is 6.54 Å². The van der Waals surface area contributed by atoms with Crippen molar-refractivity contribution < 1.29 is 19.3 Å². The van der Waals surface area contributed by atoms with Crippen molar-refractivity contribution in [3.05, 3.63) is 68.1 Å². The van der Waals surface area contributed by atoms with Crippen LogP contribution < -0.4 is 0 Å². The van der Waals surface area contributed by atoms with Gasteiger partial charge in [-0.15, -0.1) is 0 Å². The number of benzene rings is 2. The maximum Gasteiger partial charge on any atom is 0.294 e. The Morgan fingerprint density at radius 2 is 1.85 bits per heavy atom. The van der Waals surface area contributed by atoms with Gasteiger partial charge in [-0.1, -0.05) is 29.4 Å². The van der Waals surface area contributed by atoms with E-state index in [0.717, 1.165) is 34.4 Å². The van der Waals surface area contributed by atoms with Crippen LogP contribution in [0.2, 0.25) is 5.02 Å². The first-order valence-corrected chi connectivity index (χ1v) is 12.1. The topological polar surface area (TPSA) is 101 Å². The summed E-state index contributed by atoms with van der Waals surface area (Å²) >= 11 is 7.84. The largest absolute Gasteiger partial charge is 0.341 e. The molecule has 0 aromatic heterocycles. The van der Waals surface area contributed by atoms with Crippen LogP contribution in [0.25, 0.3) is 6.08 Å². The highest BCUT2D eigenvalue weighted by Gasteiger charge is 2.37. The number of carbonyl (C=O) groups excluding carboxylic acids is 3. The van der Waals surface area contributed by atoms with Crippen molar-refractivity contribution in [3.8, 4) is 0 Å². The van der Waals surface area contributed by atoms with Crippen LogP contribution >= 0.6 is 35.1 Å². The Morgan fingerprint density at radius 1 is 1.15 bits per heavy atom. The maximum atomic E-state index is 12.7. The number of amides is 3. The van der Waals surface area contributed by atoms with Crippen LogP contribution in [-0.4, -0.2) is 51.4 Å². The van der Waals surface area contributed by atoms with Gasteiger partial charge in [0.05, 0.1) is 14.7 Å². The number of imide groups is 1. The molecule has 0 aliphatic carbocycles. The zero-order chi connectivity index (χ0) is 23.5. The van der Waals surface area contributed by atoms with Gasteiger partial charge < -0.3 is 4.90 Å². The van der Waals surface area contributed by atoms with Crippen LogP contribution in [0, 0.1) is 10.1 Å². The van der Waals surface area contributed by atoms with Crippen LogP contribution in [0.4, 0.5) is 10.5 Å². The molecule has 2 aromatic rings. The average Bonchev–Trinajstić information content (AvgIpc) is 3.41. The molecule has 0 N–H and O–H groups in total. The molecule has 0 bridgehead atoms. The molecular weight excluding hydrogens is 486 g/mol. The first kappa shape index (κ1) is 23.3. The first-order valence-electron chi connectivity index (χ1n) is 10.1. The molecule has 0 atom stereocenters. The molecule has 2 aliphatic heterocycles. The second-order valence-electron chi connectivity index (χ2n) is 7.40. The molecule has 0 radical (unpaired) electrons. The van der Waals surface area contributed by atoms with E-state index >= 15 is 0 Å². The summed E-state index contributed by atoms with van der Waals surface area (Å²) in [5, 5.41) is 11.7. The van der Waals surface area contributed by atoms with E-state index in [0.29, 0.717) is 28.6 Å². The lowest BCUT2D eigenvalue weighted by molar-refractivity contribution is -0.387. The van der Waals surface area contributed by atoms with Crippen molar-refractivity contribution in [2.24, 2.45) is 0 Å². The minimum atomic E-state index is -0.570. The third-order valence-corrected chi connectivity index (χ3v) is 7.38. The first-order chi connectivity index (χ1) is 15.8. The highest BCUT2D eigenvalue weighted by Crippen LogP contribution is 2.37. The molecule has 2 aromatic carbocycles. The van der Waals surface area contributed by atoms with E-state index in [4.69, 9.17) is 11.6 Å². The fraction of sp³-hybridized carbons (Fsp3) is 0.227. The number of nitrogens with zero attached hydrogens (tertiary/aromatic N) is 3. The molecule has 3 amide bonds. The molecule has 0 unspecified atom stereocenters. The number of nitro groups is 1. The van der Waals surface area contributed by atoms with Crippen LogP contribution in [0.3, 0.4) is 0 Å². The van der Waals surface area contributed by atoms with Gasteiger partial charge >= 0.3 is 0 Å². The van der Waals surface area contributed by atoms with Crippen molar-refractivity contribution in [1.82, 2.24) is 9.80 Å². The number of nitro benzene ring substituents is 1. The molecule has 0 spiro atoms. The monoisotopic (exact) mass is 503 g/mol. The van der Waals surface area contributed by atoms with E-state index in [9.17, 15) is 24.5 Å². The smallest absolute Gasteiger partial charge is 0.294 e. The minimum absolute atomic E-state index is 0.118. The summed E-state index contributed by atoms with van der Waals surface area (Å²) in [4.78, 5) is 52.5. The number of hydrogen-bond acceptors (Lipinski definition) is 7. The number of likely N-dealkylation sites (tertiary alicyclic amines) is 1. The molecule has 2 heterocycles. The van der Waals surface area contributed by atoms with Crippen molar-refractivity contribution in [2.75, 3.05) is 19.6 Å². The molecule has 2 fully saturated rings. The van der Waals surface area contributed by atoms with E-state index in [-0.39, 0.29) is 23.0 Å². The van der Waals surface area contributed by atoms with Crippen molar-refractivity contribution in [3.63, 3.8) is 0 Å². The molecule has 0 saturated carbocycles. The second-order valence-corrected chi connectivity index (χ2v) is 9.94. The lowest BCUT2D eigenvalue weighted by Crippen LogP contribution is -2.40. The highest BCUT2D eigenvalue weighted by atomic mass is 35.5. The third-order valence-electron chi connectivity index (χ3n) is 5.14. The van der Waals surface area contributed by atoms with Gasteiger partial charge in [0, 0.05) is 29.1 Å². The standard InChI is InChI=1S/C22H18ClN3O5S2/c23-15-4-6-16(7-5-15)32-18-8-3-14(11-17(18)26(30)31)12-19-21(28)25(22(29)33-19)13-20(27)24-9-1-2-10-24/h3-8,11-12H,1-2,9-10,13H2/b19-12-. The van der Waals surface area contributed by atoms with Crippen molar-refractivity contribution >= 4 is 63.9 Å². The molecule has 170 valence electrons. The molecule has 11 heteroatoms. The van der Waals surface area contributed by atoms with E-state index < -0.39 is 16.1 Å². The fourth-order valence-electron chi connectivity index (χ4n) is 3.47. The third kappa shape index (κ3) is 5.40. The molecule has 4 rings (SSSR count). The molecule has 8 nitrogen and oxygen atoms in total. The lowest BCUT2D eigenvalue weighted by Gasteiger charge is -2.18. The number of carbonyl (C=O) groups is 3. The zero-order valence-corrected chi connectivity index (χ0v) is 19.6. The number of halogens is 1. The van der Waals surface area contributed by atoms with Crippen molar-refractivity contribution in [2.45, 2.75) is 22.6 Å². The predicted molar refractivity (Wildman–Crippen MR) is 127 cm³/mol.